The molecule has 0 atom stereocenters. The summed E-state index contributed by atoms with van der Waals surface area (Å²) in [7, 11) is 0. The van der Waals surface area contributed by atoms with Crippen molar-refractivity contribution in [1.29, 1.82) is 0 Å². The number of nitrogens with zero attached hydrogens (tertiary/aromatic N) is 1. The summed E-state index contributed by atoms with van der Waals surface area (Å²) < 4.78 is 6.18. The third kappa shape index (κ3) is 1.05. The molecule has 3 heteroatoms. The molecule has 0 saturated heterocycles. The quantitative estimate of drug-likeness (QED) is 0.670. The van der Waals surface area contributed by atoms with Gasteiger partial charge in [-0.15, -0.1) is 0 Å². The zero-order valence-electron chi connectivity index (χ0n) is 5.97. The Bertz CT molecular complexity index is 394. The van der Waals surface area contributed by atoms with Gasteiger partial charge in [0.15, 0.2) is 5.58 Å². The molecule has 56 valence electrons. The van der Waals surface area contributed by atoms with Crippen molar-refractivity contribution < 1.29 is 4.42 Å². The Morgan fingerprint density at radius 3 is 3.18 bits per heavy atom. The lowest BCUT2D eigenvalue weighted by Crippen LogP contribution is -1.74. The number of rotatable bonds is 0. The van der Waals surface area contributed by atoms with E-state index in [1.807, 2.05) is 13.0 Å². The van der Waals surface area contributed by atoms with Crippen LogP contribution in [0.25, 0.3) is 11.1 Å². The largest absolute Gasteiger partial charge is 0.462 e. The van der Waals surface area contributed by atoms with Crippen LogP contribution in [-0.2, 0) is 0 Å². The molecule has 0 bridgehead atoms. The van der Waals surface area contributed by atoms with E-state index in [-0.39, 0.29) is 0 Å². The number of aryl methyl sites for hydroxylation is 1. The minimum absolute atomic E-state index is 0.830. The molecule has 0 fully saturated rings. The number of fused-ring (bicyclic) bond motifs is 1. The molecule has 0 aliphatic heterocycles. The molecule has 2 nitrogen and oxygen atoms in total. The van der Waals surface area contributed by atoms with Gasteiger partial charge in [0.2, 0.25) is 0 Å². The van der Waals surface area contributed by atoms with Gasteiger partial charge in [-0.1, -0.05) is 0 Å². The van der Waals surface area contributed by atoms with E-state index in [9.17, 15) is 0 Å². The van der Waals surface area contributed by atoms with Crippen LogP contribution < -0.4 is 0 Å². The van der Waals surface area contributed by atoms with Crippen LogP contribution in [0.4, 0.5) is 0 Å². The van der Waals surface area contributed by atoms with E-state index >= 15 is 0 Å². The second-order valence-corrected chi connectivity index (χ2v) is 3.33. The van der Waals surface area contributed by atoms with E-state index in [1.54, 1.807) is 12.5 Å². The maximum atomic E-state index is 5.24. The van der Waals surface area contributed by atoms with E-state index in [0.29, 0.717) is 0 Å². The fourth-order valence-corrected chi connectivity index (χ4v) is 1.32. The highest BCUT2D eigenvalue weighted by Crippen LogP contribution is 2.20. The summed E-state index contributed by atoms with van der Waals surface area (Å²) >= 11 is 3.32. The van der Waals surface area contributed by atoms with Gasteiger partial charge in [-0.05, 0) is 28.9 Å². The molecule has 0 amide bonds. The number of halogens is 1. The second-order valence-electron chi connectivity index (χ2n) is 2.42. The second kappa shape index (κ2) is 2.34. The monoisotopic (exact) mass is 211 g/mol. The highest BCUT2D eigenvalue weighted by atomic mass is 79.9. The highest BCUT2D eigenvalue weighted by molar-refractivity contribution is 9.10. The van der Waals surface area contributed by atoms with Gasteiger partial charge in [0.25, 0.3) is 0 Å². The van der Waals surface area contributed by atoms with Crippen molar-refractivity contribution in [3.63, 3.8) is 0 Å². The van der Waals surface area contributed by atoms with Crippen LogP contribution in [0.3, 0.4) is 0 Å². The minimum Gasteiger partial charge on any atom is -0.462 e. The van der Waals surface area contributed by atoms with Crippen molar-refractivity contribution in [3.8, 4) is 0 Å². The minimum atomic E-state index is 0.830. The number of furan rings is 1. The SMILES string of the molecule is Cc1coc2cc(Br)cnc12. The molecule has 11 heavy (non-hydrogen) atoms. The Hall–Kier alpha value is -0.830. The zero-order chi connectivity index (χ0) is 7.84. The summed E-state index contributed by atoms with van der Waals surface area (Å²) in [5.74, 6) is 0. The normalized spacial score (nSPS) is 10.7. The molecule has 0 N–H and O–H groups in total. The van der Waals surface area contributed by atoms with Crippen molar-refractivity contribution >= 4 is 27.0 Å². The van der Waals surface area contributed by atoms with Crippen molar-refractivity contribution in [2.45, 2.75) is 6.92 Å². The van der Waals surface area contributed by atoms with Crippen LogP contribution >= 0.6 is 15.9 Å². The van der Waals surface area contributed by atoms with Gasteiger partial charge in [0.05, 0.1) is 6.26 Å². The summed E-state index contributed by atoms with van der Waals surface area (Å²) in [6.07, 6.45) is 3.48. The fourth-order valence-electron chi connectivity index (χ4n) is 1.01. The van der Waals surface area contributed by atoms with Crippen LogP contribution in [-0.4, -0.2) is 4.98 Å². The molecule has 2 aromatic heterocycles. The van der Waals surface area contributed by atoms with E-state index in [0.717, 1.165) is 21.1 Å². The van der Waals surface area contributed by atoms with Gasteiger partial charge >= 0.3 is 0 Å². The van der Waals surface area contributed by atoms with Gasteiger partial charge in [-0.3, -0.25) is 4.98 Å². The smallest absolute Gasteiger partial charge is 0.153 e. The first kappa shape index (κ1) is 6.85. The predicted molar refractivity (Wildman–Crippen MR) is 46.4 cm³/mol. The van der Waals surface area contributed by atoms with E-state index < -0.39 is 0 Å². The van der Waals surface area contributed by atoms with Gasteiger partial charge < -0.3 is 4.42 Å². The molecule has 0 aliphatic carbocycles. The zero-order valence-corrected chi connectivity index (χ0v) is 7.55. The third-order valence-corrected chi connectivity index (χ3v) is 1.99. The third-order valence-electron chi connectivity index (χ3n) is 1.56. The molecule has 0 spiro atoms. The van der Waals surface area contributed by atoms with Crippen molar-refractivity contribution in [2.24, 2.45) is 0 Å². The Morgan fingerprint density at radius 1 is 1.55 bits per heavy atom. The molecule has 0 aliphatic rings. The van der Waals surface area contributed by atoms with Gasteiger partial charge in [0, 0.05) is 16.2 Å². The maximum Gasteiger partial charge on any atom is 0.153 e. The summed E-state index contributed by atoms with van der Waals surface area (Å²) in [5.41, 5.74) is 2.84. The average molecular weight is 212 g/mol. The van der Waals surface area contributed by atoms with Gasteiger partial charge in [-0.2, -0.15) is 0 Å². The lowest BCUT2D eigenvalue weighted by Gasteiger charge is -1.88. The van der Waals surface area contributed by atoms with Crippen LogP contribution in [0.15, 0.2) is 27.4 Å². The first-order valence-electron chi connectivity index (χ1n) is 3.27. The van der Waals surface area contributed by atoms with Crippen LogP contribution in [0.2, 0.25) is 0 Å². The summed E-state index contributed by atoms with van der Waals surface area (Å²) in [5, 5.41) is 0. The topological polar surface area (TPSA) is 26.0 Å². The van der Waals surface area contributed by atoms with Crippen molar-refractivity contribution in [3.05, 3.63) is 28.6 Å². The molecule has 0 aromatic carbocycles. The van der Waals surface area contributed by atoms with Crippen LogP contribution in [0.5, 0.6) is 0 Å². The molecule has 2 heterocycles. The lowest BCUT2D eigenvalue weighted by molar-refractivity contribution is 0.612. The van der Waals surface area contributed by atoms with Crippen molar-refractivity contribution in [2.75, 3.05) is 0 Å². The summed E-state index contributed by atoms with van der Waals surface area (Å²) in [6, 6.07) is 1.91. The lowest BCUT2D eigenvalue weighted by atomic mass is 10.3. The molecular weight excluding hydrogens is 206 g/mol. The molecule has 2 rings (SSSR count). The van der Waals surface area contributed by atoms with Gasteiger partial charge in [-0.25, -0.2) is 0 Å². The van der Waals surface area contributed by atoms with Crippen LogP contribution in [0.1, 0.15) is 5.56 Å². The first-order valence-corrected chi connectivity index (χ1v) is 4.06. The van der Waals surface area contributed by atoms with Crippen molar-refractivity contribution in [1.82, 2.24) is 4.98 Å². The standard InChI is InChI=1S/C8H6BrNO/c1-5-4-11-7-2-6(9)3-10-8(5)7/h2-4H,1H3. The number of aromatic nitrogens is 1. The molecular formula is C8H6BrNO. The Kier molecular flexibility index (Phi) is 1.46. The Morgan fingerprint density at radius 2 is 2.36 bits per heavy atom. The molecule has 2 aromatic rings. The first-order chi connectivity index (χ1) is 5.27. The van der Waals surface area contributed by atoms with E-state index in [2.05, 4.69) is 20.9 Å². The number of pyridine rings is 1. The molecule has 0 radical (unpaired) electrons. The number of hydrogen-bond acceptors (Lipinski definition) is 2. The van der Waals surface area contributed by atoms with E-state index in [4.69, 9.17) is 4.42 Å². The predicted octanol–water partition coefficient (Wildman–Crippen LogP) is 2.90. The van der Waals surface area contributed by atoms with E-state index in [1.165, 1.54) is 0 Å². The Labute approximate surface area is 72.4 Å². The van der Waals surface area contributed by atoms with Gasteiger partial charge in [0.1, 0.15) is 5.52 Å². The number of hydrogen-bond donors (Lipinski definition) is 0. The Balaban J connectivity index is 2.86. The highest BCUT2D eigenvalue weighted by Gasteiger charge is 2.02. The molecule has 0 saturated carbocycles. The summed E-state index contributed by atoms with van der Waals surface area (Å²) in [6.45, 7) is 1.98. The summed E-state index contributed by atoms with van der Waals surface area (Å²) in [4.78, 5) is 4.20. The fraction of sp³-hybridized carbons (Fsp3) is 0.125. The van der Waals surface area contributed by atoms with Crippen LogP contribution in [0, 0.1) is 6.92 Å². The maximum absolute atomic E-state index is 5.24. The molecule has 0 unspecified atom stereocenters. The average Bonchev–Trinajstić information content (AvgIpc) is 2.32.